The van der Waals surface area contributed by atoms with Gasteiger partial charge in [0.15, 0.2) is 0 Å². The number of primary amides is 1. The van der Waals surface area contributed by atoms with Gasteiger partial charge in [-0.3, -0.25) is 4.79 Å². The smallest absolute Gasteiger partial charge is 0.232 e. The predicted molar refractivity (Wildman–Crippen MR) is 72.4 cm³/mol. The zero-order chi connectivity index (χ0) is 14.0. The maximum absolute atomic E-state index is 12.2. The van der Waals surface area contributed by atoms with Crippen LogP contribution >= 0.6 is 0 Å². The van der Waals surface area contributed by atoms with Crippen molar-refractivity contribution in [2.75, 3.05) is 12.3 Å². The van der Waals surface area contributed by atoms with Crippen LogP contribution in [0, 0.1) is 0 Å². The van der Waals surface area contributed by atoms with Gasteiger partial charge in [-0.2, -0.15) is 4.31 Å². The minimum atomic E-state index is -3.43. The Bertz CT molecular complexity index is 564. The largest absolute Gasteiger partial charge is 0.399 e. The van der Waals surface area contributed by atoms with Crippen LogP contribution in [-0.4, -0.2) is 30.4 Å². The maximum Gasteiger partial charge on any atom is 0.232 e. The molecule has 0 heterocycles. The van der Waals surface area contributed by atoms with Gasteiger partial charge in [0.1, 0.15) is 0 Å². The van der Waals surface area contributed by atoms with E-state index in [1.165, 1.54) is 0 Å². The van der Waals surface area contributed by atoms with Gasteiger partial charge in [0.25, 0.3) is 0 Å². The van der Waals surface area contributed by atoms with Crippen LogP contribution in [0.5, 0.6) is 0 Å². The van der Waals surface area contributed by atoms with Crippen molar-refractivity contribution >= 4 is 21.6 Å². The normalized spacial score (nSPS) is 15.6. The van der Waals surface area contributed by atoms with Crippen molar-refractivity contribution in [3.05, 3.63) is 29.8 Å². The van der Waals surface area contributed by atoms with Crippen LogP contribution in [0.3, 0.4) is 0 Å². The van der Waals surface area contributed by atoms with E-state index < -0.39 is 15.9 Å². The van der Waals surface area contributed by atoms with Crippen LogP contribution in [-0.2, 0) is 21.4 Å². The molecule has 6 nitrogen and oxygen atoms in total. The van der Waals surface area contributed by atoms with E-state index in [1.54, 1.807) is 24.3 Å². The molecule has 19 heavy (non-hydrogen) atoms. The van der Waals surface area contributed by atoms with E-state index >= 15 is 0 Å². The van der Waals surface area contributed by atoms with Crippen LogP contribution < -0.4 is 11.5 Å². The fourth-order valence-corrected chi connectivity index (χ4v) is 3.60. The highest BCUT2D eigenvalue weighted by molar-refractivity contribution is 7.90. The van der Waals surface area contributed by atoms with Gasteiger partial charge in [-0.15, -0.1) is 0 Å². The molecule has 1 aliphatic rings. The number of anilines is 1. The second-order valence-electron chi connectivity index (χ2n) is 4.72. The van der Waals surface area contributed by atoms with E-state index in [0.29, 0.717) is 18.5 Å². The topological polar surface area (TPSA) is 106 Å². The number of carbonyl (C=O) groups is 1. The number of sulfonamides is 1. The molecule has 0 saturated heterocycles. The summed E-state index contributed by atoms with van der Waals surface area (Å²) in [6, 6.07) is 6.88. The molecule has 1 aromatic rings. The van der Waals surface area contributed by atoms with E-state index in [4.69, 9.17) is 11.5 Å². The highest BCUT2D eigenvalue weighted by Crippen LogP contribution is 2.31. The van der Waals surface area contributed by atoms with Gasteiger partial charge >= 0.3 is 0 Å². The molecule has 0 unspecified atom stereocenters. The molecule has 0 atom stereocenters. The van der Waals surface area contributed by atoms with Crippen molar-refractivity contribution < 1.29 is 13.2 Å². The lowest BCUT2D eigenvalue weighted by molar-refractivity contribution is -0.118. The fourth-order valence-electron chi connectivity index (χ4n) is 1.81. The molecule has 1 fully saturated rings. The molecule has 1 aliphatic carbocycles. The number of nitrogens with zero attached hydrogens (tertiary/aromatic N) is 1. The Morgan fingerprint density at radius 3 is 2.32 bits per heavy atom. The van der Waals surface area contributed by atoms with Gasteiger partial charge in [0.2, 0.25) is 15.9 Å². The molecule has 0 aromatic heterocycles. The molecule has 1 aromatic carbocycles. The molecule has 1 saturated carbocycles. The van der Waals surface area contributed by atoms with E-state index in [-0.39, 0.29) is 18.3 Å². The van der Waals surface area contributed by atoms with Crippen LogP contribution in [0.4, 0.5) is 5.69 Å². The maximum atomic E-state index is 12.2. The molecule has 7 heteroatoms. The lowest BCUT2D eigenvalue weighted by Gasteiger charge is -2.20. The summed E-state index contributed by atoms with van der Waals surface area (Å²) in [5.74, 6) is -0.653. The Hall–Kier alpha value is -1.60. The SMILES string of the molecule is NC(=O)CN(Cc1ccc(N)cc1)S(=O)(=O)C1CC1. The number of hydrogen-bond acceptors (Lipinski definition) is 4. The zero-order valence-corrected chi connectivity index (χ0v) is 11.3. The van der Waals surface area contributed by atoms with E-state index in [9.17, 15) is 13.2 Å². The summed E-state index contributed by atoms with van der Waals surface area (Å²) in [5.41, 5.74) is 12.1. The highest BCUT2D eigenvalue weighted by Gasteiger charge is 2.40. The summed E-state index contributed by atoms with van der Waals surface area (Å²) in [7, 11) is -3.43. The zero-order valence-electron chi connectivity index (χ0n) is 10.5. The molecule has 0 aliphatic heterocycles. The van der Waals surface area contributed by atoms with Crippen molar-refractivity contribution in [2.45, 2.75) is 24.6 Å². The van der Waals surface area contributed by atoms with Gasteiger partial charge in [0, 0.05) is 12.2 Å². The summed E-state index contributed by atoms with van der Waals surface area (Å²) in [6.45, 7) is -0.148. The monoisotopic (exact) mass is 283 g/mol. The summed E-state index contributed by atoms with van der Waals surface area (Å²) in [6.07, 6.45) is 1.30. The van der Waals surface area contributed by atoms with Gasteiger partial charge in [-0.1, -0.05) is 12.1 Å². The van der Waals surface area contributed by atoms with Crippen molar-refractivity contribution in [3.63, 3.8) is 0 Å². The fraction of sp³-hybridized carbons (Fsp3) is 0.417. The lowest BCUT2D eigenvalue weighted by Crippen LogP contribution is -2.39. The van der Waals surface area contributed by atoms with E-state index in [0.717, 1.165) is 9.87 Å². The Labute approximate surface area is 112 Å². The Kier molecular flexibility index (Phi) is 3.77. The molecule has 0 spiro atoms. The Morgan fingerprint density at radius 2 is 1.84 bits per heavy atom. The van der Waals surface area contributed by atoms with Crippen LogP contribution in [0.15, 0.2) is 24.3 Å². The lowest BCUT2D eigenvalue weighted by atomic mass is 10.2. The first-order valence-electron chi connectivity index (χ1n) is 6.01. The molecular formula is C12H17N3O3S. The molecule has 104 valence electrons. The third kappa shape index (κ3) is 3.45. The molecule has 2 rings (SSSR count). The Morgan fingerprint density at radius 1 is 1.26 bits per heavy atom. The molecule has 0 bridgehead atoms. The molecular weight excluding hydrogens is 266 g/mol. The Balaban J connectivity index is 2.18. The standard InChI is InChI=1S/C12H17N3O3S/c13-10-3-1-9(2-4-10)7-15(8-12(14)16)19(17,18)11-5-6-11/h1-4,11H,5-8,13H2,(H2,14,16). The van der Waals surface area contributed by atoms with Crippen molar-refractivity contribution in [1.82, 2.24) is 4.31 Å². The third-order valence-electron chi connectivity index (χ3n) is 2.98. The van der Waals surface area contributed by atoms with Gasteiger partial charge in [-0.25, -0.2) is 8.42 Å². The summed E-state index contributed by atoms with van der Waals surface area (Å²) >= 11 is 0. The first kappa shape index (κ1) is 13.8. The quantitative estimate of drug-likeness (QED) is 0.719. The molecule has 0 radical (unpaired) electrons. The number of hydrogen-bond donors (Lipinski definition) is 2. The van der Waals surface area contributed by atoms with Crippen LogP contribution in [0.25, 0.3) is 0 Å². The minimum absolute atomic E-state index is 0.141. The van der Waals surface area contributed by atoms with Crippen LogP contribution in [0.2, 0.25) is 0 Å². The summed E-state index contributed by atoms with van der Waals surface area (Å²) in [5, 5.41) is -0.361. The molecule has 1 amide bonds. The van der Waals surface area contributed by atoms with Crippen molar-refractivity contribution in [3.8, 4) is 0 Å². The number of carbonyl (C=O) groups excluding carboxylic acids is 1. The summed E-state index contributed by atoms with van der Waals surface area (Å²) < 4.78 is 25.5. The second-order valence-corrected chi connectivity index (χ2v) is 6.93. The second kappa shape index (κ2) is 5.18. The predicted octanol–water partition coefficient (Wildman–Crippen LogP) is 0.0483. The number of amides is 1. The number of rotatable bonds is 6. The van der Waals surface area contributed by atoms with E-state index in [1.807, 2.05) is 0 Å². The van der Waals surface area contributed by atoms with Crippen LogP contribution in [0.1, 0.15) is 18.4 Å². The number of benzene rings is 1. The first-order valence-corrected chi connectivity index (χ1v) is 7.51. The average Bonchev–Trinajstić information content (AvgIpc) is 3.14. The van der Waals surface area contributed by atoms with Crippen molar-refractivity contribution in [1.29, 1.82) is 0 Å². The molecule has 4 N–H and O–H groups in total. The first-order chi connectivity index (χ1) is 8.89. The highest BCUT2D eigenvalue weighted by atomic mass is 32.2. The van der Waals surface area contributed by atoms with Gasteiger partial charge in [-0.05, 0) is 30.5 Å². The van der Waals surface area contributed by atoms with Gasteiger partial charge < -0.3 is 11.5 Å². The average molecular weight is 283 g/mol. The van der Waals surface area contributed by atoms with Gasteiger partial charge in [0.05, 0.1) is 11.8 Å². The van der Waals surface area contributed by atoms with E-state index in [2.05, 4.69) is 0 Å². The van der Waals surface area contributed by atoms with Crippen molar-refractivity contribution in [2.24, 2.45) is 5.73 Å². The number of nitrogen functional groups attached to an aromatic ring is 1. The summed E-state index contributed by atoms with van der Waals surface area (Å²) in [4.78, 5) is 11.0. The third-order valence-corrected chi connectivity index (χ3v) is 5.27. The minimum Gasteiger partial charge on any atom is -0.399 e. The number of nitrogens with two attached hydrogens (primary N) is 2.